The predicted molar refractivity (Wildman–Crippen MR) is 77.8 cm³/mol. The summed E-state index contributed by atoms with van der Waals surface area (Å²) < 4.78 is 0.969. The summed E-state index contributed by atoms with van der Waals surface area (Å²) in [4.78, 5) is 11.8. The second kappa shape index (κ2) is 6.38. The average Bonchev–Trinajstić information content (AvgIpc) is 2.38. The van der Waals surface area contributed by atoms with Crippen LogP contribution in [-0.4, -0.2) is 11.0 Å². The number of phenolic OH excluding ortho intramolecular Hbond substituents is 1. The number of amides is 1. The van der Waals surface area contributed by atoms with Crippen molar-refractivity contribution in [2.45, 2.75) is 13.0 Å². The first kappa shape index (κ1) is 13.6. The van der Waals surface area contributed by atoms with Gasteiger partial charge in [-0.2, -0.15) is 0 Å². The van der Waals surface area contributed by atoms with E-state index < -0.39 is 0 Å². The Labute approximate surface area is 120 Å². The van der Waals surface area contributed by atoms with E-state index in [1.165, 1.54) is 0 Å². The number of hydrogen-bond acceptors (Lipinski definition) is 2. The zero-order valence-electron chi connectivity index (χ0n) is 10.3. The molecular weight excluding hydrogens is 306 g/mol. The van der Waals surface area contributed by atoms with E-state index >= 15 is 0 Å². The van der Waals surface area contributed by atoms with Gasteiger partial charge in [0, 0.05) is 11.0 Å². The van der Waals surface area contributed by atoms with Crippen LogP contribution in [0.2, 0.25) is 0 Å². The van der Waals surface area contributed by atoms with Gasteiger partial charge in [0.1, 0.15) is 5.75 Å². The fourth-order valence-electron chi connectivity index (χ4n) is 1.71. The van der Waals surface area contributed by atoms with Crippen molar-refractivity contribution >= 4 is 21.8 Å². The Kier molecular flexibility index (Phi) is 4.58. The molecule has 2 rings (SSSR count). The number of carbonyl (C=O) groups is 1. The Morgan fingerprint density at radius 3 is 2.53 bits per heavy atom. The maximum Gasteiger partial charge on any atom is 0.224 e. The standard InChI is InChI=1S/C15H14BrNO2/c16-13-3-1-2-12(8-13)9-15(19)17-10-11-4-6-14(18)7-5-11/h1-8,18H,9-10H2,(H,17,19). The van der Waals surface area contributed by atoms with Gasteiger partial charge in [-0.25, -0.2) is 0 Å². The molecular formula is C15H14BrNO2. The molecule has 0 aromatic heterocycles. The third kappa shape index (κ3) is 4.41. The lowest BCUT2D eigenvalue weighted by Gasteiger charge is -2.06. The van der Waals surface area contributed by atoms with Crippen LogP contribution in [0.1, 0.15) is 11.1 Å². The van der Waals surface area contributed by atoms with Crippen molar-refractivity contribution in [3.63, 3.8) is 0 Å². The lowest BCUT2D eigenvalue weighted by molar-refractivity contribution is -0.120. The molecule has 0 fully saturated rings. The molecule has 19 heavy (non-hydrogen) atoms. The van der Waals surface area contributed by atoms with Gasteiger partial charge in [-0.3, -0.25) is 4.79 Å². The summed E-state index contributed by atoms with van der Waals surface area (Å²) in [5, 5.41) is 12.0. The largest absolute Gasteiger partial charge is 0.508 e. The maximum atomic E-state index is 11.8. The van der Waals surface area contributed by atoms with Crippen LogP contribution in [0.3, 0.4) is 0 Å². The average molecular weight is 320 g/mol. The zero-order chi connectivity index (χ0) is 13.7. The van der Waals surface area contributed by atoms with Gasteiger partial charge in [-0.05, 0) is 35.4 Å². The molecule has 0 radical (unpaired) electrons. The van der Waals surface area contributed by atoms with E-state index in [0.717, 1.165) is 15.6 Å². The van der Waals surface area contributed by atoms with Crippen LogP contribution in [0, 0.1) is 0 Å². The van der Waals surface area contributed by atoms with E-state index in [-0.39, 0.29) is 11.7 Å². The summed E-state index contributed by atoms with van der Waals surface area (Å²) >= 11 is 3.38. The molecule has 0 atom stereocenters. The summed E-state index contributed by atoms with van der Waals surface area (Å²) in [5.41, 5.74) is 1.93. The predicted octanol–water partition coefficient (Wildman–Crippen LogP) is 3.01. The third-order valence-corrected chi connectivity index (χ3v) is 3.17. The van der Waals surface area contributed by atoms with Crippen molar-refractivity contribution in [2.75, 3.05) is 0 Å². The fourth-order valence-corrected chi connectivity index (χ4v) is 2.16. The number of carbonyl (C=O) groups excluding carboxylic acids is 1. The van der Waals surface area contributed by atoms with Gasteiger partial charge in [0.25, 0.3) is 0 Å². The first-order valence-electron chi connectivity index (χ1n) is 5.92. The van der Waals surface area contributed by atoms with Gasteiger partial charge < -0.3 is 10.4 Å². The lowest BCUT2D eigenvalue weighted by Crippen LogP contribution is -2.24. The molecule has 0 aliphatic heterocycles. The smallest absolute Gasteiger partial charge is 0.224 e. The van der Waals surface area contributed by atoms with Gasteiger partial charge >= 0.3 is 0 Å². The minimum Gasteiger partial charge on any atom is -0.508 e. The van der Waals surface area contributed by atoms with E-state index in [1.807, 2.05) is 24.3 Å². The van der Waals surface area contributed by atoms with E-state index in [9.17, 15) is 4.79 Å². The van der Waals surface area contributed by atoms with Crippen molar-refractivity contribution in [3.05, 3.63) is 64.1 Å². The van der Waals surface area contributed by atoms with Crippen LogP contribution >= 0.6 is 15.9 Å². The van der Waals surface area contributed by atoms with Crippen LogP contribution in [0.25, 0.3) is 0 Å². The summed E-state index contributed by atoms with van der Waals surface area (Å²) in [6.07, 6.45) is 0.359. The monoisotopic (exact) mass is 319 g/mol. The van der Waals surface area contributed by atoms with E-state index in [2.05, 4.69) is 21.2 Å². The highest BCUT2D eigenvalue weighted by Crippen LogP contribution is 2.12. The van der Waals surface area contributed by atoms with Crippen molar-refractivity contribution in [1.82, 2.24) is 5.32 Å². The molecule has 4 heteroatoms. The van der Waals surface area contributed by atoms with Gasteiger partial charge in [-0.15, -0.1) is 0 Å². The van der Waals surface area contributed by atoms with E-state index in [1.54, 1.807) is 24.3 Å². The third-order valence-electron chi connectivity index (χ3n) is 2.68. The first-order valence-corrected chi connectivity index (χ1v) is 6.72. The maximum absolute atomic E-state index is 11.8. The summed E-state index contributed by atoms with van der Waals surface area (Å²) in [6, 6.07) is 14.5. The molecule has 0 unspecified atom stereocenters. The molecule has 0 aliphatic carbocycles. The number of phenols is 1. The minimum absolute atomic E-state index is 0.0221. The van der Waals surface area contributed by atoms with Crippen molar-refractivity contribution in [2.24, 2.45) is 0 Å². The van der Waals surface area contributed by atoms with Gasteiger partial charge in [0.05, 0.1) is 6.42 Å². The molecule has 0 aliphatic rings. The Balaban J connectivity index is 1.86. The molecule has 0 saturated heterocycles. The molecule has 0 heterocycles. The van der Waals surface area contributed by atoms with E-state index in [4.69, 9.17) is 5.11 Å². The highest BCUT2D eigenvalue weighted by Gasteiger charge is 2.03. The highest BCUT2D eigenvalue weighted by molar-refractivity contribution is 9.10. The van der Waals surface area contributed by atoms with Crippen molar-refractivity contribution in [3.8, 4) is 5.75 Å². The second-order valence-corrected chi connectivity index (χ2v) is 5.17. The molecule has 2 aromatic carbocycles. The molecule has 0 bridgehead atoms. The molecule has 2 aromatic rings. The molecule has 0 saturated carbocycles. The Bertz CT molecular complexity index is 567. The van der Waals surface area contributed by atoms with E-state index in [0.29, 0.717) is 13.0 Å². The van der Waals surface area contributed by atoms with Gasteiger partial charge in [0.15, 0.2) is 0 Å². The number of aromatic hydroxyl groups is 1. The number of benzene rings is 2. The van der Waals surface area contributed by atoms with Crippen LogP contribution < -0.4 is 5.32 Å². The van der Waals surface area contributed by atoms with Gasteiger partial charge in [-0.1, -0.05) is 40.2 Å². The number of rotatable bonds is 4. The SMILES string of the molecule is O=C(Cc1cccc(Br)c1)NCc1ccc(O)cc1. The van der Waals surface area contributed by atoms with Crippen molar-refractivity contribution < 1.29 is 9.90 Å². The molecule has 98 valence electrons. The van der Waals surface area contributed by atoms with Crippen LogP contribution in [0.4, 0.5) is 0 Å². The van der Waals surface area contributed by atoms with Crippen LogP contribution in [-0.2, 0) is 17.8 Å². The quantitative estimate of drug-likeness (QED) is 0.910. The van der Waals surface area contributed by atoms with Crippen LogP contribution in [0.15, 0.2) is 53.0 Å². The Hall–Kier alpha value is -1.81. The lowest BCUT2D eigenvalue weighted by atomic mass is 10.1. The number of nitrogens with one attached hydrogen (secondary N) is 1. The summed E-state index contributed by atoms with van der Waals surface area (Å²) in [5.74, 6) is 0.204. The highest BCUT2D eigenvalue weighted by atomic mass is 79.9. The Morgan fingerprint density at radius 2 is 1.84 bits per heavy atom. The second-order valence-electron chi connectivity index (χ2n) is 4.25. The number of hydrogen-bond donors (Lipinski definition) is 2. The van der Waals surface area contributed by atoms with Crippen LogP contribution in [0.5, 0.6) is 5.75 Å². The summed E-state index contributed by atoms with van der Waals surface area (Å²) in [7, 11) is 0. The molecule has 3 nitrogen and oxygen atoms in total. The Morgan fingerprint density at radius 1 is 1.11 bits per heavy atom. The van der Waals surface area contributed by atoms with Crippen molar-refractivity contribution in [1.29, 1.82) is 0 Å². The number of halogens is 1. The summed E-state index contributed by atoms with van der Waals surface area (Å²) in [6.45, 7) is 0.465. The molecule has 0 spiro atoms. The van der Waals surface area contributed by atoms with Gasteiger partial charge in [0.2, 0.25) is 5.91 Å². The zero-order valence-corrected chi connectivity index (χ0v) is 11.9. The fraction of sp³-hybridized carbons (Fsp3) is 0.133. The molecule has 1 amide bonds. The first-order chi connectivity index (χ1) is 9.13. The molecule has 2 N–H and O–H groups in total. The normalized spacial score (nSPS) is 10.2. The topological polar surface area (TPSA) is 49.3 Å². The minimum atomic E-state index is -0.0221.